The van der Waals surface area contributed by atoms with Crippen molar-refractivity contribution in [3.8, 4) is 56.4 Å². The highest BCUT2D eigenvalue weighted by Gasteiger charge is 2.36. The van der Waals surface area contributed by atoms with E-state index >= 15 is 0 Å². The van der Waals surface area contributed by atoms with Crippen molar-refractivity contribution in [2.45, 2.75) is 5.92 Å². The molecule has 0 amide bonds. The summed E-state index contributed by atoms with van der Waals surface area (Å²) in [4.78, 5) is 11.1. The zero-order chi connectivity index (χ0) is 41.4. The van der Waals surface area contributed by atoms with Gasteiger partial charge in [0.25, 0.3) is 0 Å². The van der Waals surface area contributed by atoms with Crippen LogP contribution in [0.4, 0.5) is 0 Å². The highest BCUT2D eigenvalue weighted by molar-refractivity contribution is 6.12. The summed E-state index contributed by atoms with van der Waals surface area (Å²) in [6, 6.07) is 81.0. The summed E-state index contributed by atoms with van der Waals surface area (Å²) in [6.45, 7) is 0. The minimum atomic E-state index is -0.153. The molecule has 4 heteroatoms. The third-order valence-corrected chi connectivity index (χ3v) is 13.0. The summed E-state index contributed by atoms with van der Waals surface area (Å²) in [6.07, 6.45) is 0. The van der Waals surface area contributed by atoms with E-state index in [4.69, 9.17) is 9.97 Å². The second-order valence-corrected chi connectivity index (χ2v) is 16.4. The van der Waals surface area contributed by atoms with Gasteiger partial charge in [0.2, 0.25) is 0 Å². The van der Waals surface area contributed by atoms with Gasteiger partial charge in [-0.15, -0.1) is 0 Å². The number of aromatic nitrogens is 4. The van der Waals surface area contributed by atoms with Gasteiger partial charge >= 0.3 is 0 Å². The maximum Gasteiger partial charge on any atom is 0.160 e. The molecule has 0 N–H and O–H groups in total. The van der Waals surface area contributed by atoms with E-state index in [9.17, 15) is 0 Å². The Kier molecular flexibility index (Phi) is 7.94. The van der Waals surface area contributed by atoms with Gasteiger partial charge in [-0.25, -0.2) is 9.97 Å². The lowest BCUT2D eigenvalue weighted by Gasteiger charge is -2.27. The number of nitrogens with zero attached hydrogens (tertiary/aromatic N) is 4. The van der Waals surface area contributed by atoms with Gasteiger partial charge in [-0.1, -0.05) is 182 Å². The van der Waals surface area contributed by atoms with E-state index in [1.54, 1.807) is 0 Å². The van der Waals surface area contributed by atoms with Crippen molar-refractivity contribution in [1.29, 1.82) is 0 Å². The summed E-state index contributed by atoms with van der Waals surface area (Å²) < 4.78 is 5.02. The lowest BCUT2D eigenvalue weighted by atomic mass is 9.84. The van der Waals surface area contributed by atoms with Crippen LogP contribution < -0.4 is 0 Å². The average Bonchev–Trinajstić information content (AvgIpc) is 4.00. The zero-order valence-corrected chi connectivity index (χ0v) is 34.2. The van der Waals surface area contributed by atoms with Gasteiger partial charge in [-0.3, -0.25) is 0 Å². The fraction of sp³-hybridized carbons (Fsp3) is 0.0169. The quantitative estimate of drug-likeness (QED) is 0.168. The van der Waals surface area contributed by atoms with Crippen LogP contribution in [0.5, 0.6) is 0 Å². The third-order valence-electron chi connectivity index (χ3n) is 13.0. The van der Waals surface area contributed by atoms with Gasteiger partial charge in [0.15, 0.2) is 5.82 Å². The molecule has 0 fully saturated rings. The van der Waals surface area contributed by atoms with Crippen LogP contribution in [0.25, 0.3) is 100 Å². The topological polar surface area (TPSA) is 35.6 Å². The number of para-hydroxylation sites is 4. The highest BCUT2D eigenvalue weighted by Crippen LogP contribution is 2.53. The van der Waals surface area contributed by atoms with Crippen molar-refractivity contribution in [3.63, 3.8) is 0 Å². The molecule has 0 atom stereocenters. The van der Waals surface area contributed by atoms with Gasteiger partial charge in [0.05, 0.1) is 44.8 Å². The molecule has 1 aliphatic rings. The van der Waals surface area contributed by atoms with Crippen LogP contribution in [0.15, 0.2) is 224 Å². The number of benzene rings is 9. The Hall–Kier alpha value is -8.34. The lowest BCUT2D eigenvalue weighted by molar-refractivity contribution is 0.965. The molecular formula is C59H38N4. The average molecular weight is 803 g/mol. The summed E-state index contributed by atoms with van der Waals surface area (Å²) in [5, 5.41) is 4.85. The van der Waals surface area contributed by atoms with Crippen molar-refractivity contribution in [3.05, 3.63) is 241 Å². The third kappa shape index (κ3) is 5.41. The van der Waals surface area contributed by atoms with Crippen molar-refractivity contribution >= 4 is 43.6 Å². The Morgan fingerprint density at radius 2 is 0.730 bits per heavy atom. The molecule has 0 radical (unpaired) electrons. The monoisotopic (exact) mass is 802 g/mol. The maximum atomic E-state index is 5.56. The van der Waals surface area contributed by atoms with Crippen LogP contribution in [0, 0.1) is 0 Å². The van der Waals surface area contributed by atoms with E-state index in [1.807, 2.05) is 0 Å². The van der Waals surface area contributed by atoms with E-state index in [1.165, 1.54) is 43.8 Å². The fourth-order valence-corrected chi connectivity index (χ4v) is 10.4. The molecule has 1 aliphatic carbocycles. The summed E-state index contributed by atoms with van der Waals surface area (Å²) in [5.41, 5.74) is 17.8. The van der Waals surface area contributed by atoms with Crippen LogP contribution in [0.2, 0.25) is 0 Å². The smallest absolute Gasteiger partial charge is 0.160 e. The highest BCUT2D eigenvalue weighted by atomic mass is 15.1. The standard InChI is InChI=1S/C59H38N4/c1-3-19-38(20-4-1)49-37-50(39-21-5-2-6-22-39)61-59(60-49)48-35-36-55(62-51-31-15-11-25-42(51)43-26-12-16-32-52(43)62)58(63-53-33-17-13-27-44(53)45-28-14-18-34-54(45)63)57(48)56-46-29-9-7-23-40(46)41-24-8-10-30-47(41)56/h1-37,56H. The molecule has 3 aromatic heterocycles. The van der Waals surface area contributed by atoms with Gasteiger partial charge in [0, 0.05) is 49.7 Å². The predicted octanol–water partition coefficient (Wildman–Crippen LogP) is 14.8. The molecule has 0 aliphatic heterocycles. The fourth-order valence-electron chi connectivity index (χ4n) is 10.4. The normalized spacial score (nSPS) is 12.4. The maximum absolute atomic E-state index is 5.56. The Labute approximate surface area is 364 Å². The van der Waals surface area contributed by atoms with Gasteiger partial charge in [0.1, 0.15) is 0 Å². The SMILES string of the molecule is c1ccc(-c2cc(-c3ccccc3)nc(-c3ccc(-n4c5ccccc5c5ccccc54)c(-n4c5ccccc5c5ccccc54)c3C3c4ccccc4-c4ccccc43)n2)cc1. The Morgan fingerprint density at radius 1 is 0.333 bits per heavy atom. The summed E-state index contributed by atoms with van der Waals surface area (Å²) in [7, 11) is 0. The van der Waals surface area contributed by atoms with Gasteiger partial charge in [-0.2, -0.15) is 0 Å². The van der Waals surface area contributed by atoms with Gasteiger partial charge in [-0.05, 0) is 64.7 Å². The number of fused-ring (bicyclic) bond motifs is 9. The second-order valence-electron chi connectivity index (χ2n) is 16.4. The first-order chi connectivity index (χ1) is 31.3. The largest absolute Gasteiger partial charge is 0.307 e. The van der Waals surface area contributed by atoms with E-state index in [0.717, 1.165) is 67.1 Å². The van der Waals surface area contributed by atoms with Gasteiger partial charge < -0.3 is 9.13 Å². The molecule has 0 unspecified atom stereocenters. The number of rotatable bonds is 6. The molecular weight excluding hydrogens is 765 g/mol. The minimum Gasteiger partial charge on any atom is -0.307 e. The van der Waals surface area contributed by atoms with Crippen LogP contribution in [-0.4, -0.2) is 19.1 Å². The second kappa shape index (κ2) is 14.1. The number of hydrogen-bond acceptors (Lipinski definition) is 2. The van der Waals surface area contributed by atoms with Crippen LogP contribution in [0.3, 0.4) is 0 Å². The first kappa shape index (κ1) is 35.4. The molecule has 12 aromatic rings. The van der Waals surface area contributed by atoms with Crippen molar-refractivity contribution in [2.75, 3.05) is 0 Å². The van der Waals surface area contributed by atoms with E-state index in [-0.39, 0.29) is 5.92 Å². The van der Waals surface area contributed by atoms with E-state index in [2.05, 4.69) is 234 Å². The zero-order valence-electron chi connectivity index (χ0n) is 34.2. The molecule has 294 valence electrons. The summed E-state index contributed by atoms with van der Waals surface area (Å²) >= 11 is 0. The van der Waals surface area contributed by atoms with E-state index in [0.29, 0.717) is 5.82 Å². The molecule has 9 aromatic carbocycles. The molecule has 13 rings (SSSR count). The van der Waals surface area contributed by atoms with E-state index < -0.39 is 0 Å². The molecule has 3 heterocycles. The minimum absolute atomic E-state index is 0.153. The molecule has 0 saturated carbocycles. The Bertz CT molecular complexity index is 3540. The van der Waals surface area contributed by atoms with Crippen molar-refractivity contribution < 1.29 is 0 Å². The summed E-state index contributed by atoms with van der Waals surface area (Å²) in [5.74, 6) is 0.530. The molecule has 0 bridgehead atoms. The number of hydrogen-bond donors (Lipinski definition) is 0. The first-order valence-corrected chi connectivity index (χ1v) is 21.6. The molecule has 63 heavy (non-hydrogen) atoms. The predicted molar refractivity (Wildman–Crippen MR) is 260 cm³/mol. The van der Waals surface area contributed by atoms with Crippen LogP contribution >= 0.6 is 0 Å². The van der Waals surface area contributed by atoms with Crippen molar-refractivity contribution in [2.24, 2.45) is 0 Å². The molecule has 0 saturated heterocycles. The molecule has 4 nitrogen and oxygen atoms in total. The van der Waals surface area contributed by atoms with Crippen LogP contribution in [-0.2, 0) is 0 Å². The first-order valence-electron chi connectivity index (χ1n) is 21.6. The van der Waals surface area contributed by atoms with Crippen molar-refractivity contribution in [1.82, 2.24) is 19.1 Å². The Balaban J connectivity index is 1.26. The molecule has 0 spiro atoms. The lowest BCUT2D eigenvalue weighted by Crippen LogP contribution is -2.13. The Morgan fingerprint density at radius 3 is 1.21 bits per heavy atom. The van der Waals surface area contributed by atoms with Crippen LogP contribution in [0.1, 0.15) is 22.6 Å².